The molecule has 0 unspecified atom stereocenters. The normalized spacial score (nSPS) is 27.3. The zero-order valence-electron chi connectivity index (χ0n) is 7.51. The van der Waals surface area contributed by atoms with Crippen molar-refractivity contribution in [1.82, 2.24) is 9.78 Å². The van der Waals surface area contributed by atoms with Crippen molar-refractivity contribution in [3.63, 3.8) is 0 Å². The second-order valence-corrected chi connectivity index (χ2v) is 3.10. The lowest BCUT2D eigenvalue weighted by atomic mass is 9.87. The number of aromatic nitrogens is 2. The maximum Gasteiger partial charge on any atom is 0.162 e. The molecular formula is C9H12N2O2. The summed E-state index contributed by atoms with van der Waals surface area (Å²) in [6, 6.07) is 1.63. The van der Waals surface area contributed by atoms with Crippen molar-refractivity contribution in [3.8, 4) is 0 Å². The van der Waals surface area contributed by atoms with Crippen molar-refractivity contribution in [1.29, 1.82) is 0 Å². The highest BCUT2D eigenvalue weighted by Gasteiger charge is 2.42. The lowest BCUT2D eigenvalue weighted by molar-refractivity contribution is -0.143. The number of Topliss-reactive ketones (excluding diaryl/α,β-unsaturated/α-hetero) is 1. The van der Waals surface area contributed by atoms with E-state index in [1.54, 1.807) is 17.1 Å². The Kier molecular flexibility index (Phi) is 2.14. The Balaban J connectivity index is 2.09. The van der Waals surface area contributed by atoms with Crippen LogP contribution in [0.5, 0.6) is 0 Å². The van der Waals surface area contributed by atoms with Gasteiger partial charge in [-0.25, -0.2) is 0 Å². The zero-order valence-corrected chi connectivity index (χ0v) is 7.51. The Morgan fingerprint density at radius 2 is 2.62 bits per heavy atom. The van der Waals surface area contributed by atoms with E-state index < -0.39 is 0 Å². The molecule has 0 radical (unpaired) electrons. The highest BCUT2D eigenvalue weighted by molar-refractivity contribution is 5.89. The topological polar surface area (TPSA) is 44.1 Å². The van der Waals surface area contributed by atoms with E-state index in [-0.39, 0.29) is 17.9 Å². The molecule has 0 N–H and O–H groups in total. The summed E-state index contributed by atoms with van der Waals surface area (Å²) in [5.74, 6) is 0.210. The van der Waals surface area contributed by atoms with Crippen molar-refractivity contribution in [2.24, 2.45) is 0 Å². The van der Waals surface area contributed by atoms with Crippen LogP contribution in [0, 0.1) is 0 Å². The Labute approximate surface area is 76.5 Å². The van der Waals surface area contributed by atoms with Gasteiger partial charge < -0.3 is 4.74 Å². The summed E-state index contributed by atoms with van der Waals surface area (Å²) in [5, 5.41) is 4.04. The van der Waals surface area contributed by atoms with E-state index in [0.717, 1.165) is 0 Å². The summed E-state index contributed by atoms with van der Waals surface area (Å²) < 4.78 is 7.08. The molecule has 0 amide bonds. The van der Waals surface area contributed by atoms with Gasteiger partial charge in [0.1, 0.15) is 6.04 Å². The maximum absolute atomic E-state index is 11.3. The zero-order chi connectivity index (χ0) is 9.26. The first-order valence-corrected chi connectivity index (χ1v) is 4.46. The number of carbonyl (C=O) groups is 1. The monoisotopic (exact) mass is 180 g/mol. The van der Waals surface area contributed by atoms with E-state index in [9.17, 15) is 4.79 Å². The third kappa shape index (κ3) is 1.37. The Hall–Kier alpha value is -1.16. The van der Waals surface area contributed by atoms with Gasteiger partial charge in [0.15, 0.2) is 5.78 Å². The number of rotatable bonds is 3. The van der Waals surface area contributed by atoms with Gasteiger partial charge in [0.05, 0.1) is 6.10 Å². The molecule has 2 rings (SSSR count). The molecule has 4 heteroatoms. The van der Waals surface area contributed by atoms with Crippen LogP contribution in [0.1, 0.15) is 19.4 Å². The minimum atomic E-state index is -0.185. The van der Waals surface area contributed by atoms with Crippen LogP contribution in [0.2, 0.25) is 0 Å². The van der Waals surface area contributed by atoms with Gasteiger partial charge in [-0.15, -0.1) is 0 Å². The second-order valence-electron chi connectivity index (χ2n) is 3.10. The van der Waals surface area contributed by atoms with Gasteiger partial charge in [0, 0.05) is 25.4 Å². The average Bonchev–Trinajstić information content (AvgIpc) is 2.56. The molecule has 1 aliphatic carbocycles. The number of ether oxygens (including phenoxy) is 1. The first-order chi connectivity index (χ1) is 6.33. The van der Waals surface area contributed by atoms with Crippen LogP contribution >= 0.6 is 0 Å². The second kappa shape index (κ2) is 3.30. The predicted octanol–water partition coefficient (Wildman–Crippen LogP) is 0.802. The molecule has 1 fully saturated rings. The Morgan fingerprint density at radius 1 is 1.77 bits per heavy atom. The molecule has 1 aromatic heterocycles. The molecule has 4 nitrogen and oxygen atoms in total. The fourth-order valence-corrected chi connectivity index (χ4v) is 1.60. The molecule has 0 saturated heterocycles. The first-order valence-electron chi connectivity index (χ1n) is 4.46. The third-order valence-electron chi connectivity index (χ3n) is 2.28. The number of hydrogen-bond acceptors (Lipinski definition) is 3. The van der Waals surface area contributed by atoms with Crippen molar-refractivity contribution in [2.45, 2.75) is 25.5 Å². The lowest BCUT2D eigenvalue weighted by Gasteiger charge is -2.34. The molecule has 2 atom stereocenters. The van der Waals surface area contributed by atoms with E-state index in [1.807, 2.05) is 13.0 Å². The molecule has 0 aromatic carbocycles. The van der Waals surface area contributed by atoms with E-state index in [0.29, 0.717) is 13.0 Å². The van der Waals surface area contributed by atoms with Gasteiger partial charge in [0.2, 0.25) is 0 Å². The van der Waals surface area contributed by atoms with Crippen LogP contribution in [0.15, 0.2) is 18.5 Å². The van der Waals surface area contributed by atoms with E-state index >= 15 is 0 Å². The smallest absolute Gasteiger partial charge is 0.162 e. The molecule has 1 saturated carbocycles. The number of carbonyl (C=O) groups excluding carboxylic acids is 1. The summed E-state index contributed by atoms with van der Waals surface area (Å²) >= 11 is 0. The van der Waals surface area contributed by atoms with Crippen molar-refractivity contribution in [3.05, 3.63) is 18.5 Å². The molecule has 0 aliphatic heterocycles. The summed E-state index contributed by atoms with van der Waals surface area (Å²) in [6.07, 6.45) is 4.03. The fourth-order valence-electron chi connectivity index (χ4n) is 1.60. The van der Waals surface area contributed by atoms with Crippen molar-refractivity contribution < 1.29 is 9.53 Å². The summed E-state index contributed by atoms with van der Waals surface area (Å²) in [7, 11) is 0. The van der Waals surface area contributed by atoms with Crippen LogP contribution in [-0.4, -0.2) is 28.3 Å². The minimum Gasteiger partial charge on any atom is -0.375 e. The third-order valence-corrected chi connectivity index (χ3v) is 2.28. The van der Waals surface area contributed by atoms with Gasteiger partial charge in [0.25, 0.3) is 0 Å². The van der Waals surface area contributed by atoms with Crippen LogP contribution in [-0.2, 0) is 9.53 Å². The van der Waals surface area contributed by atoms with Gasteiger partial charge in [-0.2, -0.15) is 5.10 Å². The molecular weight excluding hydrogens is 168 g/mol. The standard InChI is InChI=1S/C9H12N2O2/c1-2-13-8-6-7(12)9(8)11-5-3-4-10-11/h3-5,8-9H,2,6H2,1H3/t8-,9+/m1/s1. The van der Waals surface area contributed by atoms with Gasteiger partial charge in [-0.3, -0.25) is 9.48 Å². The lowest BCUT2D eigenvalue weighted by Crippen LogP contribution is -2.45. The van der Waals surface area contributed by atoms with Gasteiger partial charge in [-0.1, -0.05) is 0 Å². The van der Waals surface area contributed by atoms with E-state index in [1.165, 1.54) is 0 Å². The highest BCUT2D eigenvalue weighted by atomic mass is 16.5. The SMILES string of the molecule is CCO[C@@H]1CC(=O)[C@@H]1n1cccn1. The molecule has 1 aliphatic rings. The average molecular weight is 180 g/mol. The largest absolute Gasteiger partial charge is 0.375 e. The number of hydrogen-bond donors (Lipinski definition) is 0. The first kappa shape index (κ1) is 8.44. The summed E-state index contributed by atoms with van der Waals surface area (Å²) in [4.78, 5) is 11.3. The van der Waals surface area contributed by atoms with Crippen LogP contribution < -0.4 is 0 Å². The molecule has 0 bridgehead atoms. The molecule has 0 spiro atoms. The summed E-state index contributed by atoms with van der Waals surface area (Å²) in [5.41, 5.74) is 0. The van der Waals surface area contributed by atoms with Crippen molar-refractivity contribution in [2.75, 3.05) is 6.61 Å². The quantitative estimate of drug-likeness (QED) is 0.691. The molecule has 1 heterocycles. The van der Waals surface area contributed by atoms with Crippen LogP contribution in [0.25, 0.3) is 0 Å². The summed E-state index contributed by atoms with van der Waals surface area (Å²) in [6.45, 7) is 2.58. The van der Waals surface area contributed by atoms with Gasteiger partial charge in [-0.05, 0) is 13.0 Å². The van der Waals surface area contributed by atoms with Crippen LogP contribution in [0.3, 0.4) is 0 Å². The molecule has 1 aromatic rings. The highest BCUT2D eigenvalue weighted by Crippen LogP contribution is 2.30. The molecule has 70 valence electrons. The molecule has 13 heavy (non-hydrogen) atoms. The number of nitrogens with zero attached hydrogens (tertiary/aromatic N) is 2. The van der Waals surface area contributed by atoms with Crippen LogP contribution in [0.4, 0.5) is 0 Å². The maximum atomic E-state index is 11.3. The number of ketones is 1. The Morgan fingerprint density at radius 3 is 3.15 bits per heavy atom. The van der Waals surface area contributed by atoms with E-state index in [2.05, 4.69) is 5.10 Å². The fraction of sp³-hybridized carbons (Fsp3) is 0.556. The Bertz CT molecular complexity index is 295. The van der Waals surface area contributed by atoms with Crippen molar-refractivity contribution >= 4 is 5.78 Å². The van der Waals surface area contributed by atoms with Gasteiger partial charge >= 0.3 is 0 Å². The van der Waals surface area contributed by atoms with E-state index in [4.69, 9.17) is 4.74 Å². The predicted molar refractivity (Wildman–Crippen MR) is 46.3 cm³/mol. The minimum absolute atomic E-state index is 0.0254.